The molecule has 0 aliphatic carbocycles. The third-order valence-corrected chi connectivity index (χ3v) is 5.89. The zero-order valence-corrected chi connectivity index (χ0v) is 18.7. The van der Waals surface area contributed by atoms with Crippen LogP contribution in [0.25, 0.3) is 17.8 Å². The van der Waals surface area contributed by atoms with Crippen LogP contribution in [0.1, 0.15) is 47.2 Å². The van der Waals surface area contributed by atoms with Gasteiger partial charge in [-0.05, 0) is 55.2 Å². The summed E-state index contributed by atoms with van der Waals surface area (Å²) in [6.45, 7) is 2.84. The summed E-state index contributed by atoms with van der Waals surface area (Å²) in [5.41, 5.74) is 4.03. The number of nitrogens with zero attached hydrogens (tertiary/aromatic N) is 6. The lowest BCUT2D eigenvalue weighted by molar-refractivity contribution is 0.413. The van der Waals surface area contributed by atoms with Crippen molar-refractivity contribution in [2.24, 2.45) is 0 Å². The minimum Gasteiger partial charge on any atom is -0.495 e. The number of aryl methyl sites for hydroxylation is 2. The number of rotatable bonds is 5. The van der Waals surface area contributed by atoms with Gasteiger partial charge in [0, 0.05) is 24.9 Å². The van der Waals surface area contributed by atoms with Crippen molar-refractivity contribution in [1.29, 1.82) is 0 Å². The monoisotopic (exact) mass is 446 g/mol. The maximum atomic E-state index is 5.95. The number of halogens is 1. The second-order valence-electron chi connectivity index (χ2n) is 7.85. The van der Waals surface area contributed by atoms with Crippen LogP contribution < -0.4 is 4.74 Å². The molecule has 1 aromatic carbocycles. The van der Waals surface area contributed by atoms with E-state index in [1.54, 1.807) is 13.4 Å². The maximum Gasteiger partial charge on any atom is 0.174 e. The quantitative estimate of drug-likeness (QED) is 0.407. The fourth-order valence-corrected chi connectivity index (χ4v) is 4.20. The van der Waals surface area contributed by atoms with E-state index in [0.29, 0.717) is 11.0 Å². The number of ether oxygens (including phenoxy) is 1. The van der Waals surface area contributed by atoms with Gasteiger partial charge in [0.25, 0.3) is 0 Å². The topological polar surface area (TPSA) is 70.7 Å². The smallest absolute Gasteiger partial charge is 0.174 e. The predicted octanol–water partition coefficient (Wildman–Crippen LogP) is 4.93. The highest BCUT2D eigenvalue weighted by atomic mass is 35.5. The van der Waals surface area contributed by atoms with Crippen LogP contribution in [0.15, 0.2) is 49.1 Å². The number of imidazole rings is 1. The van der Waals surface area contributed by atoms with E-state index in [-0.39, 0.29) is 5.92 Å². The standard InChI is InChI=1S/C24H23ClN6O/c1-16-14-30(15-27-16)20-8-5-17(12-21(20)32-2)6-10-23-28-24-19(4-3-11-31(24)29-23)18-7-9-22(25)26-13-18/h5-10,12-15,19H,3-4,11H2,1-2H3/t19-/m1/s1. The minimum absolute atomic E-state index is 0.182. The van der Waals surface area contributed by atoms with Crippen LogP contribution in [0.3, 0.4) is 0 Å². The average molecular weight is 447 g/mol. The molecule has 0 saturated carbocycles. The minimum atomic E-state index is 0.182. The van der Waals surface area contributed by atoms with Gasteiger partial charge in [0.15, 0.2) is 5.82 Å². The molecule has 0 unspecified atom stereocenters. The van der Waals surface area contributed by atoms with Crippen molar-refractivity contribution in [1.82, 2.24) is 29.3 Å². The van der Waals surface area contributed by atoms with Crippen LogP contribution in [0.5, 0.6) is 5.75 Å². The molecule has 0 fully saturated rings. The Hall–Kier alpha value is -3.45. The highest BCUT2D eigenvalue weighted by molar-refractivity contribution is 6.29. The van der Waals surface area contributed by atoms with Crippen LogP contribution >= 0.6 is 11.6 Å². The molecule has 5 rings (SSSR count). The molecule has 0 bridgehead atoms. The van der Waals surface area contributed by atoms with Crippen LogP contribution in [0.4, 0.5) is 0 Å². The highest BCUT2D eigenvalue weighted by Gasteiger charge is 2.25. The Bertz CT molecular complexity index is 1270. The van der Waals surface area contributed by atoms with Crippen molar-refractivity contribution >= 4 is 23.8 Å². The third kappa shape index (κ3) is 4.03. The Morgan fingerprint density at radius 1 is 1.16 bits per heavy atom. The summed E-state index contributed by atoms with van der Waals surface area (Å²) in [4.78, 5) is 13.3. The molecule has 3 aromatic heterocycles. The third-order valence-electron chi connectivity index (χ3n) is 5.66. The molecule has 0 amide bonds. The van der Waals surface area contributed by atoms with Gasteiger partial charge in [0.2, 0.25) is 0 Å². The molecule has 4 aromatic rings. The lowest BCUT2D eigenvalue weighted by Crippen LogP contribution is -2.18. The first-order chi connectivity index (χ1) is 15.6. The largest absolute Gasteiger partial charge is 0.495 e. The van der Waals surface area contributed by atoms with Gasteiger partial charge < -0.3 is 9.30 Å². The number of pyridine rings is 1. The molecule has 0 spiro atoms. The molecule has 162 valence electrons. The molecule has 7 nitrogen and oxygen atoms in total. The van der Waals surface area contributed by atoms with E-state index in [9.17, 15) is 0 Å². The Balaban J connectivity index is 1.40. The summed E-state index contributed by atoms with van der Waals surface area (Å²) in [5.74, 6) is 2.63. The van der Waals surface area contributed by atoms with Gasteiger partial charge >= 0.3 is 0 Å². The van der Waals surface area contributed by atoms with Crippen molar-refractivity contribution in [2.45, 2.75) is 32.2 Å². The molecule has 32 heavy (non-hydrogen) atoms. The Kier molecular flexibility index (Phi) is 5.49. The number of hydrogen-bond acceptors (Lipinski definition) is 5. The lowest BCUT2D eigenvalue weighted by atomic mass is 9.92. The van der Waals surface area contributed by atoms with E-state index in [2.05, 4.69) is 9.97 Å². The molecular weight excluding hydrogens is 424 g/mol. The summed E-state index contributed by atoms with van der Waals surface area (Å²) in [6.07, 6.45) is 11.6. The number of aromatic nitrogens is 6. The van der Waals surface area contributed by atoms with E-state index in [1.165, 1.54) is 0 Å². The van der Waals surface area contributed by atoms with Crippen LogP contribution in [0, 0.1) is 6.92 Å². The molecule has 8 heteroatoms. The lowest BCUT2D eigenvalue weighted by Gasteiger charge is -2.22. The van der Waals surface area contributed by atoms with Crippen molar-refractivity contribution in [3.8, 4) is 11.4 Å². The molecule has 4 heterocycles. The number of hydrogen-bond donors (Lipinski definition) is 0. The Morgan fingerprint density at radius 3 is 2.81 bits per heavy atom. The van der Waals surface area contributed by atoms with Gasteiger partial charge in [-0.2, -0.15) is 5.10 Å². The molecule has 1 aliphatic rings. The number of fused-ring (bicyclic) bond motifs is 1. The molecular formula is C24H23ClN6O. The molecule has 1 aliphatic heterocycles. The van der Waals surface area contributed by atoms with E-state index < -0.39 is 0 Å². The van der Waals surface area contributed by atoms with Crippen molar-refractivity contribution in [2.75, 3.05) is 7.11 Å². The van der Waals surface area contributed by atoms with Gasteiger partial charge in [0.1, 0.15) is 16.7 Å². The molecule has 0 saturated heterocycles. The van der Waals surface area contributed by atoms with Gasteiger partial charge in [-0.3, -0.25) is 0 Å². The van der Waals surface area contributed by atoms with Crippen molar-refractivity contribution in [3.63, 3.8) is 0 Å². The summed E-state index contributed by atoms with van der Waals surface area (Å²) in [5, 5.41) is 5.20. The van der Waals surface area contributed by atoms with Gasteiger partial charge in [-0.25, -0.2) is 19.6 Å². The zero-order valence-electron chi connectivity index (χ0n) is 17.9. The normalized spacial score (nSPS) is 15.8. The first-order valence-electron chi connectivity index (χ1n) is 10.5. The van der Waals surface area contributed by atoms with Crippen molar-refractivity contribution in [3.05, 3.63) is 82.7 Å². The van der Waals surface area contributed by atoms with E-state index in [4.69, 9.17) is 26.4 Å². The predicted molar refractivity (Wildman–Crippen MR) is 124 cm³/mol. The summed E-state index contributed by atoms with van der Waals surface area (Å²) in [6, 6.07) is 9.92. The van der Waals surface area contributed by atoms with E-state index in [1.807, 2.05) is 71.1 Å². The SMILES string of the molecule is COc1cc(C=Cc2nc3n(n2)CCC[C@@H]3c2ccc(Cl)nc2)ccc1-n1cnc(C)c1. The van der Waals surface area contributed by atoms with Crippen LogP contribution in [0.2, 0.25) is 5.15 Å². The number of benzene rings is 1. The van der Waals surface area contributed by atoms with Crippen LogP contribution in [-0.4, -0.2) is 36.4 Å². The van der Waals surface area contributed by atoms with Gasteiger partial charge in [-0.1, -0.05) is 29.8 Å². The first-order valence-corrected chi connectivity index (χ1v) is 10.9. The summed E-state index contributed by atoms with van der Waals surface area (Å²) >= 11 is 5.95. The number of methoxy groups -OCH3 is 1. The fraction of sp³-hybridized carbons (Fsp3) is 0.250. The fourth-order valence-electron chi connectivity index (χ4n) is 4.08. The molecule has 0 radical (unpaired) electrons. The molecule has 1 atom stereocenters. The van der Waals surface area contributed by atoms with Crippen molar-refractivity contribution < 1.29 is 4.74 Å². The van der Waals surface area contributed by atoms with Gasteiger partial charge in [-0.15, -0.1) is 0 Å². The Labute approximate surface area is 191 Å². The average Bonchev–Trinajstić information content (AvgIpc) is 3.43. The van der Waals surface area contributed by atoms with E-state index >= 15 is 0 Å². The van der Waals surface area contributed by atoms with Crippen LogP contribution in [-0.2, 0) is 6.54 Å². The maximum absolute atomic E-state index is 5.95. The van der Waals surface area contributed by atoms with Gasteiger partial charge in [0.05, 0.1) is 24.8 Å². The highest BCUT2D eigenvalue weighted by Crippen LogP contribution is 2.32. The summed E-state index contributed by atoms with van der Waals surface area (Å²) in [7, 11) is 1.67. The molecule has 0 N–H and O–H groups in total. The Morgan fingerprint density at radius 2 is 2.06 bits per heavy atom. The van der Waals surface area contributed by atoms with E-state index in [0.717, 1.165) is 53.5 Å². The second-order valence-corrected chi connectivity index (χ2v) is 8.23. The second kappa shape index (κ2) is 8.59. The first kappa shape index (κ1) is 20.5. The zero-order chi connectivity index (χ0) is 22.1. The summed E-state index contributed by atoms with van der Waals surface area (Å²) < 4.78 is 9.57.